The lowest BCUT2D eigenvalue weighted by molar-refractivity contribution is -0.121. The van der Waals surface area contributed by atoms with Gasteiger partial charge in [-0.25, -0.2) is 0 Å². The van der Waals surface area contributed by atoms with E-state index in [-0.39, 0.29) is 24.9 Å². The van der Waals surface area contributed by atoms with Crippen LogP contribution in [-0.4, -0.2) is 48.8 Å². The number of carbonyl (C=O) groups excluding carboxylic acids is 3. The van der Waals surface area contributed by atoms with Crippen LogP contribution in [0.15, 0.2) is 22.7 Å². The van der Waals surface area contributed by atoms with E-state index in [2.05, 4.69) is 26.6 Å². The molecular weight excluding hydrogens is 374 g/mol. The smallest absolute Gasteiger partial charge is 0.262 e. The molecule has 3 rings (SSSR count). The fourth-order valence-electron chi connectivity index (χ4n) is 2.36. The highest BCUT2D eigenvalue weighted by molar-refractivity contribution is 9.10. The number of hydrogen-bond donors (Lipinski definition) is 2. The molecule has 0 aliphatic carbocycles. The van der Waals surface area contributed by atoms with Crippen LogP contribution < -0.4 is 10.6 Å². The number of carbonyl (C=O) groups is 3. The maximum Gasteiger partial charge on any atom is 0.262 e. The number of nitrogens with zero attached hydrogens (tertiary/aromatic N) is 1. The van der Waals surface area contributed by atoms with E-state index >= 15 is 0 Å². The summed E-state index contributed by atoms with van der Waals surface area (Å²) < 4.78 is 0.728. The van der Waals surface area contributed by atoms with Crippen LogP contribution >= 0.6 is 28.3 Å². The van der Waals surface area contributed by atoms with Gasteiger partial charge in [-0.1, -0.05) is 15.9 Å². The first kappa shape index (κ1) is 16.9. The van der Waals surface area contributed by atoms with Gasteiger partial charge in [0.2, 0.25) is 5.91 Å². The molecule has 1 saturated heterocycles. The van der Waals surface area contributed by atoms with Crippen molar-refractivity contribution in [3.8, 4) is 0 Å². The fraction of sp³-hybridized carbons (Fsp3) is 0.357. The first-order valence-corrected chi connectivity index (χ1v) is 7.48. The zero-order valence-electron chi connectivity index (χ0n) is 11.6. The van der Waals surface area contributed by atoms with Crippen molar-refractivity contribution in [3.05, 3.63) is 33.8 Å². The lowest BCUT2D eigenvalue weighted by Crippen LogP contribution is -2.49. The molecule has 2 heterocycles. The minimum absolute atomic E-state index is 0. The van der Waals surface area contributed by atoms with Gasteiger partial charge in [0.05, 0.1) is 11.1 Å². The van der Waals surface area contributed by atoms with E-state index in [1.807, 2.05) is 0 Å². The highest BCUT2D eigenvalue weighted by Crippen LogP contribution is 2.25. The van der Waals surface area contributed by atoms with E-state index < -0.39 is 11.8 Å². The molecule has 8 heteroatoms. The number of hydrogen-bond acceptors (Lipinski definition) is 4. The zero-order chi connectivity index (χ0) is 15.0. The fourth-order valence-corrected chi connectivity index (χ4v) is 2.72. The van der Waals surface area contributed by atoms with Gasteiger partial charge in [-0.3, -0.25) is 19.3 Å². The lowest BCUT2D eigenvalue weighted by Gasteiger charge is -2.27. The Labute approximate surface area is 142 Å². The van der Waals surface area contributed by atoms with E-state index in [1.165, 1.54) is 0 Å². The molecule has 3 amide bonds. The quantitative estimate of drug-likeness (QED) is 0.748. The van der Waals surface area contributed by atoms with Gasteiger partial charge in [0.15, 0.2) is 0 Å². The van der Waals surface area contributed by atoms with Crippen LogP contribution in [0.4, 0.5) is 0 Å². The van der Waals surface area contributed by atoms with E-state index in [0.717, 1.165) is 22.5 Å². The van der Waals surface area contributed by atoms with Crippen molar-refractivity contribution in [2.45, 2.75) is 0 Å². The standard InChI is InChI=1S/C14H14BrN3O3.ClH/c15-9-1-2-10-11(3-9)14(21)18(13(10)20)7-12(19)17-6-8-4-16-5-8;/h1-3,8,16H,4-7H2,(H,17,19);1H. The molecule has 2 aliphatic heterocycles. The van der Waals surface area contributed by atoms with E-state index in [0.29, 0.717) is 23.6 Å². The second kappa shape index (κ2) is 6.76. The van der Waals surface area contributed by atoms with Gasteiger partial charge < -0.3 is 10.6 Å². The molecule has 6 nitrogen and oxygen atoms in total. The maximum atomic E-state index is 12.2. The largest absolute Gasteiger partial charge is 0.354 e. The van der Waals surface area contributed by atoms with Crippen molar-refractivity contribution in [1.82, 2.24) is 15.5 Å². The summed E-state index contributed by atoms with van der Waals surface area (Å²) in [6.45, 7) is 2.12. The Morgan fingerprint density at radius 2 is 1.95 bits per heavy atom. The molecule has 0 aromatic heterocycles. The highest BCUT2D eigenvalue weighted by Gasteiger charge is 2.36. The van der Waals surface area contributed by atoms with Crippen LogP contribution in [0.2, 0.25) is 0 Å². The molecule has 0 bridgehead atoms. The summed E-state index contributed by atoms with van der Waals surface area (Å²) in [5.41, 5.74) is 0.685. The Morgan fingerprint density at radius 1 is 1.27 bits per heavy atom. The third-order valence-electron chi connectivity index (χ3n) is 3.69. The summed E-state index contributed by atoms with van der Waals surface area (Å²) in [5.74, 6) is -0.706. The van der Waals surface area contributed by atoms with Gasteiger partial charge in [0, 0.05) is 30.0 Å². The molecule has 118 valence electrons. The van der Waals surface area contributed by atoms with Gasteiger partial charge in [-0.2, -0.15) is 0 Å². The highest BCUT2D eigenvalue weighted by atomic mass is 79.9. The van der Waals surface area contributed by atoms with Crippen LogP contribution in [0, 0.1) is 5.92 Å². The maximum absolute atomic E-state index is 12.2. The number of imide groups is 1. The van der Waals surface area contributed by atoms with Crippen LogP contribution in [0.3, 0.4) is 0 Å². The average molecular weight is 389 g/mol. The summed E-state index contributed by atoms with van der Waals surface area (Å²) in [5, 5.41) is 5.87. The molecule has 2 N–H and O–H groups in total. The molecule has 0 radical (unpaired) electrons. The second-order valence-corrected chi connectivity index (χ2v) is 6.13. The van der Waals surface area contributed by atoms with Crippen molar-refractivity contribution >= 4 is 46.1 Å². The van der Waals surface area contributed by atoms with Crippen LogP contribution in [0.5, 0.6) is 0 Å². The Bertz CT molecular complexity index is 634. The van der Waals surface area contributed by atoms with Gasteiger partial charge in [-0.05, 0) is 18.2 Å². The molecule has 1 aromatic rings. The molecule has 0 unspecified atom stereocenters. The third kappa shape index (κ3) is 3.16. The molecule has 0 spiro atoms. The Morgan fingerprint density at radius 3 is 2.59 bits per heavy atom. The first-order chi connectivity index (χ1) is 10.1. The summed E-state index contributed by atoms with van der Waals surface area (Å²) >= 11 is 3.27. The van der Waals surface area contributed by atoms with E-state index in [4.69, 9.17) is 0 Å². The summed E-state index contributed by atoms with van der Waals surface area (Å²) in [6, 6.07) is 4.91. The van der Waals surface area contributed by atoms with Crippen molar-refractivity contribution in [1.29, 1.82) is 0 Å². The normalized spacial score (nSPS) is 16.9. The Kier molecular flexibility index (Phi) is 5.20. The molecule has 1 aromatic carbocycles. The number of benzene rings is 1. The number of nitrogens with one attached hydrogen (secondary N) is 2. The van der Waals surface area contributed by atoms with Crippen molar-refractivity contribution < 1.29 is 14.4 Å². The molecule has 0 saturated carbocycles. The number of amides is 3. The topological polar surface area (TPSA) is 78.5 Å². The van der Waals surface area contributed by atoms with Gasteiger partial charge in [-0.15, -0.1) is 12.4 Å². The van der Waals surface area contributed by atoms with Gasteiger partial charge >= 0.3 is 0 Å². The Balaban J connectivity index is 0.00000176. The minimum atomic E-state index is -0.420. The van der Waals surface area contributed by atoms with Gasteiger partial charge in [0.25, 0.3) is 11.8 Å². The first-order valence-electron chi connectivity index (χ1n) is 6.69. The second-order valence-electron chi connectivity index (χ2n) is 5.21. The minimum Gasteiger partial charge on any atom is -0.354 e. The average Bonchev–Trinajstić information content (AvgIpc) is 2.62. The molecule has 22 heavy (non-hydrogen) atoms. The molecule has 2 aliphatic rings. The van der Waals surface area contributed by atoms with Crippen LogP contribution in [-0.2, 0) is 4.79 Å². The van der Waals surface area contributed by atoms with Crippen molar-refractivity contribution in [3.63, 3.8) is 0 Å². The summed E-state index contributed by atoms with van der Waals surface area (Å²) in [7, 11) is 0. The SMILES string of the molecule is Cl.O=C(CN1C(=O)c2ccc(Br)cc2C1=O)NCC1CNC1. The Hall–Kier alpha value is -1.44. The zero-order valence-corrected chi connectivity index (χ0v) is 14.0. The summed E-state index contributed by atoms with van der Waals surface area (Å²) in [4.78, 5) is 37.2. The van der Waals surface area contributed by atoms with E-state index in [9.17, 15) is 14.4 Å². The lowest BCUT2D eigenvalue weighted by atomic mass is 10.0. The van der Waals surface area contributed by atoms with Crippen molar-refractivity contribution in [2.75, 3.05) is 26.2 Å². The number of rotatable bonds is 4. The van der Waals surface area contributed by atoms with Crippen LogP contribution in [0.1, 0.15) is 20.7 Å². The molecular formula is C14H15BrClN3O3. The van der Waals surface area contributed by atoms with Crippen LogP contribution in [0.25, 0.3) is 0 Å². The monoisotopic (exact) mass is 387 g/mol. The predicted octanol–water partition coefficient (Wildman–Crippen LogP) is 0.802. The van der Waals surface area contributed by atoms with Gasteiger partial charge in [0.1, 0.15) is 6.54 Å². The third-order valence-corrected chi connectivity index (χ3v) is 4.18. The predicted molar refractivity (Wildman–Crippen MR) is 86.1 cm³/mol. The number of fused-ring (bicyclic) bond motifs is 1. The molecule has 0 atom stereocenters. The summed E-state index contributed by atoms with van der Waals surface area (Å²) in [6.07, 6.45) is 0. The van der Waals surface area contributed by atoms with Crippen molar-refractivity contribution in [2.24, 2.45) is 5.92 Å². The van der Waals surface area contributed by atoms with E-state index in [1.54, 1.807) is 18.2 Å². The number of halogens is 2. The molecule has 1 fully saturated rings.